The van der Waals surface area contributed by atoms with Gasteiger partial charge in [-0.25, -0.2) is 0 Å². The molecule has 1 saturated heterocycles. The van der Waals surface area contributed by atoms with Gasteiger partial charge in [-0.15, -0.1) is 0 Å². The molecule has 5 atom stereocenters. The molecule has 1 heterocycles. The Morgan fingerprint density at radius 3 is 2.72 bits per heavy atom. The number of likely N-dealkylation sites (N-methyl/N-ethyl adjacent to an activating group) is 1. The summed E-state index contributed by atoms with van der Waals surface area (Å²) in [6, 6.07) is 0.534. The molecule has 3 aliphatic rings. The van der Waals surface area contributed by atoms with Crippen LogP contribution in [0.25, 0.3) is 0 Å². The molecule has 3 heteroatoms. The van der Waals surface area contributed by atoms with Crippen molar-refractivity contribution < 1.29 is 4.74 Å². The first-order valence-electron chi connectivity index (χ1n) is 7.76. The second-order valence-corrected chi connectivity index (χ2v) is 6.80. The SMILES string of the molecule is CN(CC1CC2CCC1C2)C(CN)C1CCOC1. The zero-order valence-electron chi connectivity index (χ0n) is 11.7. The standard InChI is InChI=1S/C15H28N2O/c1-17(15(8-16)13-4-5-18-10-13)9-14-7-11-2-3-12(14)6-11/h11-15H,2-10,16H2,1H3. The fourth-order valence-corrected chi connectivity index (χ4v) is 4.69. The van der Waals surface area contributed by atoms with Gasteiger partial charge in [0, 0.05) is 31.7 Å². The molecule has 3 rings (SSSR count). The Bertz CT molecular complexity index is 278. The Hall–Kier alpha value is -0.120. The predicted octanol–water partition coefficient (Wildman–Crippen LogP) is 1.72. The Labute approximate surface area is 111 Å². The van der Waals surface area contributed by atoms with Gasteiger partial charge in [-0.1, -0.05) is 6.42 Å². The van der Waals surface area contributed by atoms with Gasteiger partial charge in [0.25, 0.3) is 0 Å². The Morgan fingerprint density at radius 2 is 2.17 bits per heavy atom. The third-order valence-electron chi connectivity index (χ3n) is 5.72. The minimum absolute atomic E-state index is 0.534. The zero-order chi connectivity index (χ0) is 12.5. The summed E-state index contributed by atoms with van der Waals surface area (Å²) >= 11 is 0. The van der Waals surface area contributed by atoms with Crippen molar-refractivity contribution >= 4 is 0 Å². The lowest BCUT2D eigenvalue weighted by Crippen LogP contribution is -2.46. The van der Waals surface area contributed by atoms with Crippen LogP contribution in [0.2, 0.25) is 0 Å². The van der Waals surface area contributed by atoms with Crippen molar-refractivity contribution in [2.75, 3.05) is 33.4 Å². The van der Waals surface area contributed by atoms with E-state index in [0.29, 0.717) is 12.0 Å². The van der Waals surface area contributed by atoms with Gasteiger partial charge in [-0.3, -0.25) is 0 Å². The van der Waals surface area contributed by atoms with E-state index in [4.69, 9.17) is 10.5 Å². The highest BCUT2D eigenvalue weighted by Gasteiger charge is 2.40. The van der Waals surface area contributed by atoms with E-state index < -0.39 is 0 Å². The van der Waals surface area contributed by atoms with Crippen LogP contribution in [0.15, 0.2) is 0 Å². The van der Waals surface area contributed by atoms with E-state index in [1.165, 1.54) is 38.6 Å². The van der Waals surface area contributed by atoms with Gasteiger partial charge < -0.3 is 15.4 Å². The lowest BCUT2D eigenvalue weighted by Gasteiger charge is -2.35. The Balaban J connectivity index is 1.54. The van der Waals surface area contributed by atoms with Crippen molar-refractivity contribution in [3.8, 4) is 0 Å². The second-order valence-electron chi connectivity index (χ2n) is 6.80. The number of hydrogen-bond acceptors (Lipinski definition) is 3. The molecule has 104 valence electrons. The van der Waals surface area contributed by atoms with Crippen LogP contribution >= 0.6 is 0 Å². The van der Waals surface area contributed by atoms with Crippen LogP contribution in [0.3, 0.4) is 0 Å². The average Bonchev–Trinajstić information content (AvgIpc) is 3.05. The van der Waals surface area contributed by atoms with Crippen LogP contribution in [0.4, 0.5) is 0 Å². The normalized spacial score (nSPS) is 40.8. The van der Waals surface area contributed by atoms with Crippen LogP contribution < -0.4 is 5.73 Å². The molecule has 1 aliphatic heterocycles. The lowest BCUT2D eigenvalue weighted by molar-refractivity contribution is 0.117. The highest BCUT2D eigenvalue weighted by molar-refractivity contribution is 4.92. The molecule has 0 spiro atoms. The van der Waals surface area contributed by atoms with Crippen LogP contribution in [0, 0.1) is 23.7 Å². The third kappa shape index (κ3) is 2.45. The molecule has 0 aromatic carbocycles. The molecular formula is C15H28N2O. The van der Waals surface area contributed by atoms with E-state index in [-0.39, 0.29) is 0 Å². The van der Waals surface area contributed by atoms with Gasteiger partial charge in [0.2, 0.25) is 0 Å². The third-order valence-corrected chi connectivity index (χ3v) is 5.72. The van der Waals surface area contributed by atoms with Gasteiger partial charge in [-0.2, -0.15) is 0 Å². The van der Waals surface area contributed by atoms with Gasteiger partial charge in [0.05, 0.1) is 6.61 Å². The van der Waals surface area contributed by atoms with E-state index in [1.807, 2.05) is 0 Å². The summed E-state index contributed by atoms with van der Waals surface area (Å²) in [5.41, 5.74) is 6.01. The molecule has 2 bridgehead atoms. The quantitative estimate of drug-likeness (QED) is 0.809. The summed E-state index contributed by atoms with van der Waals surface area (Å²) < 4.78 is 5.53. The maximum absolute atomic E-state index is 6.01. The molecule has 0 aromatic heterocycles. The molecule has 0 radical (unpaired) electrons. The smallest absolute Gasteiger partial charge is 0.0510 e. The minimum Gasteiger partial charge on any atom is -0.381 e. The van der Waals surface area contributed by atoms with Crippen molar-refractivity contribution in [1.82, 2.24) is 4.90 Å². The maximum atomic E-state index is 6.01. The highest BCUT2D eigenvalue weighted by atomic mass is 16.5. The zero-order valence-corrected chi connectivity index (χ0v) is 11.7. The number of fused-ring (bicyclic) bond motifs is 2. The number of hydrogen-bond donors (Lipinski definition) is 1. The molecule has 2 aliphatic carbocycles. The van der Waals surface area contributed by atoms with Crippen molar-refractivity contribution in [3.05, 3.63) is 0 Å². The molecule has 0 aromatic rings. The van der Waals surface area contributed by atoms with Crippen molar-refractivity contribution in [2.24, 2.45) is 29.4 Å². The number of ether oxygens (including phenoxy) is 1. The summed E-state index contributed by atoms with van der Waals surface area (Å²) in [6.07, 6.45) is 7.18. The Kier molecular flexibility index (Phi) is 3.92. The predicted molar refractivity (Wildman–Crippen MR) is 73.3 cm³/mol. The van der Waals surface area contributed by atoms with Gasteiger partial charge >= 0.3 is 0 Å². The fraction of sp³-hybridized carbons (Fsp3) is 1.00. The second kappa shape index (κ2) is 5.48. The van der Waals surface area contributed by atoms with E-state index in [1.54, 1.807) is 0 Å². The maximum Gasteiger partial charge on any atom is 0.0510 e. The molecular weight excluding hydrogens is 224 g/mol. The largest absolute Gasteiger partial charge is 0.381 e. The van der Waals surface area contributed by atoms with Gasteiger partial charge in [0.1, 0.15) is 0 Å². The first-order valence-corrected chi connectivity index (χ1v) is 7.76. The van der Waals surface area contributed by atoms with Crippen LogP contribution in [0.1, 0.15) is 32.1 Å². The van der Waals surface area contributed by atoms with Crippen molar-refractivity contribution in [3.63, 3.8) is 0 Å². The van der Waals surface area contributed by atoms with Crippen LogP contribution in [-0.2, 0) is 4.74 Å². The minimum atomic E-state index is 0.534. The number of nitrogens with two attached hydrogens (primary N) is 1. The average molecular weight is 252 g/mol. The van der Waals surface area contributed by atoms with E-state index >= 15 is 0 Å². The molecule has 2 N–H and O–H groups in total. The molecule has 3 nitrogen and oxygen atoms in total. The topological polar surface area (TPSA) is 38.5 Å². The molecule has 3 fully saturated rings. The van der Waals surface area contributed by atoms with Crippen LogP contribution in [-0.4, -0.2) is 44.3 Å². The fourth-order valence-electron chi connectivity index (χ4n) is 4.69. The van der Waals surface area contributed by atoms with Gasteiger partial charge in [0.15, 0.2) is 0 Å². The van der Waals surface area contributed by atoms with E-state index in [0.717, 1.165) is 37.5 Å². The summed E-state index contributed by atoms with van der Waals surface area (Å²) in [5.74, 6) is 3.69. The van der Waals surface area contributed by atoms with Crippen molar-refractivity contribution in [1.29, 1.82) is 0 Å². The number of nitrogens with zero attached hydrogens (tertiary/aromatic N) is 1. The van der Waals surface area contributed by atoms with Crippen LogP contribution in [0.5, 0.6) is 0 Å². The lowest BCUT2D eigenvalue weighted by atomic mass is 9.87. The first kappa shape index (κ1) is 12.9. The molecule has 5 unspecified atom stereocenters. The van der Waals surface area contributed by atoms with Gasteiger partial charge in [-0.05, 0) is 50.5 Å². The first-order chi connectivity index (χ1) is 8.78. The Morgan fingerprint density at radius 1 is 1.28 bits per heavy atom. The summed E-state index contributed by atoms with van der Waals surface area (Å²) in [5, 5.41) is 0. The molecule has 0 amide bonds. The molecule has 2 saturated carbocycles. The summed E-state index contributed by atoms with van der Waals surface area (Å²) in [4.78, 5) is 2.55. The number of rotatable bonds is 5. The van der Waals surface area contributed by atoms with E-state index in [9.17, 15) is 0 Å². The highest BCUT2D eigenvalue weighted by Crippen LogP contribution is 2.48. The molecule has 18 heavy (non-hydrogen) atoms. The summed E-state index contributed by atoms with van der Waals surface area (Å²) in [6.45, 7) is 3.90. The monoisotopic (exact) mass is 252 g/mol. The summed E-state index contributed by atoms with van der Waals surface area (Å²) in [7, 11) is 2.28. The van der Waals surface area contributed by atoms with E-state index in [2.05, 4.69) is 11.9 Å². The van der Waals surface area contributed by atoms with Crippen molar-refractivity contribution in [2.45, 2.75) is 38.1 Å².